The Labute approximate surface area is 91.5 Å². The van der Waals surface area contributed by atoms with Gasteiger partial charge in [-0.2, -0.15) is 0 Å². The predicted octanol–water partition coefficient (Wildman–Crippen LogP) is 2.59. The number of nitrogens with zero attached hydrogens (tertiary/aromatic N) is 1. The van der Waals surface area contributed by atoms with Crippen LogP contribution in [-0.4, -0.2) is 18.2 Å². The van der Waals surface area contributed by atoms with Gasteiger partial charge in [0.25, 0.3) is 0 Å². The maximum atomic E-state index is 9.41. The molecule has 0 radical (unpaired) electrons. The molecule has 1 N–H and O–H groups in total. The molecule has 0 saturated carbocycles. The maximum absolute atomic E-state index is 9.41. The maximum Gasteiger partial charge on any atom is 0.0761 e. The van der Waals surface area contributed by atoms with Crippen LogP contribution in [0.25, 0.3) is 0 Å². The predicted molar refractivity (Wildman–Crippen MR) is 63.1 cm³/mol. The van der Waals surface area contributed by atoms with Crippen molar-refractivity contribution in [1.29, 1.82) is 0 Å². The Bertz CT molecular complexity index is 318. The van der Waals surface area contributed by atoms with E-state index in [1.807, 2.05) is 12.1 Å². The second kappa shape index (κ2) is 4.23. The molecule has 2 atom stereocenters. The molecule has 0 amide bonds. The van der Waals surface area contributed by atoms with Gasteiger partial charge in [-0.05, 0) is 37.0 Å². The molecule has 2 nitrogen and oxygen atoms in total. The number of rotatable bonds is 2. The highest BCUT2D eigenvalue weighted by atomic mass is 16.3. The van der Waals surface area contributed by atoms with Crippen LogP contribution in [0.3, 0.4) is 0 Å². The molecule has 0 aliphatic carbocycles. The Morgan fingerprint density at radius 2 is 2.00 bits per heavy atom. The number of benzene rings is 1. The summed E-state index contributed by atoms with van der Waals surface area (Å²) >= 11 is 0. The van der Waals surface area contributed by atoms with E-state index < -0.39 is 0 Å². The summed E-state index contributed by atoms with van der Waals surface area (Å²) in [6.07, 6.45) is 0.926. The molecule has 82 valence electrons. The highest BCUT2D eigenvalue weighted by Crippen LogP contribution is 2.24. The van der Waals surface area contributed by atoms with Crippen molar-refractivity contribution >= 4 is 5.69 Å². The lowest BCUT2D eigenvalue weighted by Gasteiger charge is -2.18. The van der Waals surface area contributed by atoms with E-state index in [1.165, 1.54) is 12.1 Å². The second-order valence-electron chi connectivity index (χ2n) is 4.61. The number of hydrogen-bond acceptors (Lipinski definition) is 2. The largest absolute Gasteiger partial charge is 0.389 e. The summed E-state index contributed by atoms with van der Waals surface area (Å²) in [5.41, 5.74) is 2.27. The summed E-state index contributed by atoms with van der Waals surface area (Å²) in [6.45, 7) is 6.42. The van der Waals surface area contributed by atoms with Gasteiger partial charge in [0.15, 0.2) is 0 Å². The van der Waals surface area contributed by atoms with Crippen LogP contribution in [0, 0.1) is 5.92 Å². The minimum Gasteiger partial charge on any atom is -0.389 e. The SMILES string of the molecule is CC1CCN(c2ccc([C@@H](C)O)cc2)C1. The lowest BCUT2D eigenvalue weighted by atomic mass is 10.1. The Balaban J connectivity index is 2.10. The molecular weight excluding hydrogens is 186 g/mol. The molecule has 1 aliphatic heterocycles. The van der Waals surface area contributed by atoms with E-state index >= 15 is 0 Å². The average molecular weight is 205 g/mol. The highest BCUT2D eigenvalue weighted by Gasteiger charge is 2.18. The second-order valence-corrected chi connectivity index (χ2v) is 4.61. The molecule has 2 rings (SSSR count). The van der Waals surface area contributed by atoms with Crippen LogP contribution in [0.2, 0.25) is 0 Å². The summed E-state index contributed by atoms with van der Waals surface area (Å²) in [5, 5.41) is 9.41. The van der Waals surface area contributed by atoms with E-state index in [4.69, 9.17) is 0 Å². The smallest absolute Gasteiger partial charge is 0.0761 e. The standard InChI is InChI=1S/C13H19NO/c1-10-7-8-14(9-10)13-5-3-12(4-6-13)11(2)15/h3-6,10-11,15H,7-9H2,1-2H3/t10?,11-/m1/s1. The molecule has 1 aromatic carbocycles. The van der Waals surface area contributed by atoms with Gasteiger partial charge in [-0.1, -0.05) is 19.1 Å². The molecule has 15 heavy (non-hydrogen) atoms. The zero-order valence-electron chi connectivity index (χ0n) is 9.48. The van der Waals surface area contributed by atoms with Crippen molar-refractivity contribution in [2.45, 2.75) is 26.4 Å². The van der Waals surface area contributed by atoms with Crippen molar-refractivity contribution in [2.24, 2.45) is 5.92 Å². The van der Waals surface area contributed by atoms with Gasteiger partial charge in [0.1, 0.15) is 0 Å². The van der Waals surface area contributed by atoms with Gasteiger partial charge in [0.05, 0.1) is 6.10 Å². The lowest BCUT2D eigenvalue weighted by Crippen LogP contribution is -2.18. The normalized spacial score (nSPS) is 23.1. The molecule has 0 spiro atoms. The third-order valence-corrected chi connectivity index (χ3v) is 3.16. The fourth-order valence-electron chi connectivity index (χ4n) is 2.13. The van der Waals surface area contributed by atoms with Crippen molar-refractivity contribution in [2.75, 3.05) is 18.0 Å². The van der Waals surface area contributed by atoms with Crippen LogP contribution in [-0.2, 0) is 0 Å². The first-order valence-electron chi connectivity index (χ1n) is 5.70. The van der Waals surface area contributed by atoms with Gasteiger partial charge in [0, 0.05) is 18.8 Å². The van der Waals surface area contributed by atoms with Crippen LogP contribution in [0.1, 0.15) is 31.9 Å². The topological polar surface area (TPSA) is 23.5 Å². The van der Waals surface area contributed by atoms with Gasteiger partial charge in [-0.25, -0.2) is 0 Å². The quantitative estimate of drug-likeness (QED) is 0.802. The molecule has 0 bridgehead atoms. The molecule has 0 aromatic heterocycles. The van der Waals surface area contributed by atoms with Crippen LogP contribution in [0.4, 0.5) is 5.69 Å². The first-order chi connectivity index (χ1) is 7.16. The number of anilines is 1. The zero-order valence-corrected chi connectivity index (χ0v) is 9.48. The highest BCUT2D eigenvalue weighted by molar-refractivity contribution is 5.48. The molecule has 1 saturated heterocycles. The van der Waals surface area contributed by atoms with Crippen LogP contribution in [0.15, 0.2) is 24.3 Å². The van der Waals surface area contributed by atoms with E-state index in [0.717, 1.165) is 24.6 Å². The van der Waals surface area contributed by atoms with Crippen molar-refractivity contribution in [3.8, 4) is 0 Å². The van der Waals surface area contributed by atoms with Crippen molar-refractivity contribution < 1.29 is 5.11 Å². The third-order valence-electron chi connectivity index (χ3n) is 3.16. The number of aliphatic hydroxyl groups is 1. The molecule has 1 fully saturated rings. The first kappa shape index (κ1) is 10.5. The summed E-state index contributed by atoms with van der Waals surface area (Å²) in [5.74, 6) is 0.807. The van der Waals surface area contributed by atoms with E-state index in [1.54, 1.807) is 6.92 Å². The van der Waals surface area contributed by atoms with Crippen LogP contribution in [0.5, 0.6) is 0 Å². The molecule has 1 aromatic rings. The Hall–Kier alpha value is -1.02. The summed E-state index contributed by atoms with van der Waals surface area (Å²) in [4.78, 5) is 2.41. The zero-order chi connectivity index (χ0) is 10.8. The van der Waals surface area contributed by atoms with E-state index in [0.29, 0.717) is 0 Å². The van der Waals surface area contributed by atoms with Crippen molar-refractivity contribution in [1.82, 2.24) is 0 Å². The molecule has 2 heteroatoms. The summed E-state index contributed by atoms with van der Waals surface area (Å²) in [7, 11) is 0. The fraction of sp³-hybridized carbons (Fsp3) is 0.538. The third kappa shape index (κ3) is 2.32. The number of hydrogen-bond donors (Lipinski definition) is 1. The average Bonchev–Trinajstić information content (AvgIpc) is 2.65. The Morgan fingerprint density at radius 1 is 1.33 bits per heavy atom. The van der Waals surface area contributed by atoms with Gasteiger partial charge < -0.3 is 10.0 Å². The molecule has 1 aliphatic rings. The Morgan fingerprint density at radius 3 is 2.47 bits per heavy atom. The molecule has 1 heterocycles. The van der Waals surface area contributed by atoms with Crippen LogP contribution < -0.4 is 4.90 Å². The monoisotopic (exact) mass is 205 g/mol. The first-order valence-corrected chi connectivity index (χ1v) is 5.70. The molecule has 1 unspecified atom stereocenters. The van der Waals surface area contributed by atoms with Gasteiger partial charge in [0.2, 0.25) is 0 Å². The Kier molecular flexibility index (Phi) is 2.96. The van der Waals surface area contributed by atoms with Gasteiger partial charge in [-0.15, -0.1) is 0 Å². The van der Waals surface area contributed by atoms with Gasteiger partial charge >= 0.3 is 0 Å². The van der Waals surface area contributed by atoms with Gasteiger partial charge in [-0.3, -0.25) is 0 Å². The summed E-state index contributed by atoms with van der Waals surface area (Å²) in [6, 6.07) is 8.26. The molecular formula is C13H19NO. The minimum absolute atomic E-state index is 0.364. The lowest BCUT2D eigenvalue weighted by molar-refractivity contribution is 0.199. The van der Waals surface area contributed by atoms with Crippen LogP contribution >= 0.6 is 0 Å². The summed E-state index contributed by atoms with van der Waals surface area (Å²) < 4.78 is 0. The fourth-order valence-corrected chi connectivity index (χ4v) is 2.13. The van der Waals surface area contributed by atoms with E-state index in [9.17, 15) is 5.11 Å². The minimum atomic E-state index is -0.364. The van der Waals surface area contributed by atoms with E-state index in [2.05, 4.69) is 24.0 Å². The van der Waals surface area contributed by atoms with E-state index in [-0.39, 0.29) is 6.10 Å². The van der Waals surface area contributed by atoms with Crippen molar-refractivity contribution in [3.05, 3.63) is 29.8 Å². The number of aliphatic hydroxyl groups excluding tert-OH is 1. The van der Waals surface area contributed by atoms with Crippen molar-refractivity contribution in [3.63, 3.8) is 0 Å².